The summed E-state index contributed by atoms with van der Waals surface area (Å²) in [6.07, 6.45) is 5.32. The van der Waals surface area contributed by atoms with Gasteiger partial charge in [0.1, 0.15) is 5.60 Å². The third kappa shape index (κ3) is 12.2. The molecular formula is C15H30O4. The molecule has 0 radical (unpaired) electrons. The lowest BCUT2D eigenvalue weighted by Crippen LogP contribution is -2.24. The van der Waals surface area contributed by atoms with E-state index in [-0.39, 0.29) is 5.97 Å². The van der Waals surface area contributed by atoms with Crippen LogP contribution in [0.1, 0.15) is 80.1 Å². The number of hydrogen-bond acceptors (Lipinski definition) is 4. The van der Waals surface area contributed by atoms with Crippen LogP contribution < -0.4 is 0 Å². The van der Waals surface area contributed by atoms with Crippen LogP contribution in [-0.2, 0) is 19.6 Å². The summed E-state index contributed by atoms with van der Waals surface area (Å²) < 4.78 is 0. The smallest absolute Gasteiger partial charge is 0.269 e. The molecule has 0 aliphatic rings. The van der Waals surface area contributed by atoms with Gasteiger partial charge in [0.25, 0.3) is 0 Å². The van der Waals surface area contributed by atoms with Gasteiger partial charge in [-0.2, -0.15) is 4.89 Å². The molecule has 0 aliphatic carbocycles. The molecule has 0 atom stereocenters. The van der Waals surface area contributed by atoms with Crippen molar-refractivity contribution in [1.82, 2.24) is 0 Å². The Bertz CT molecular complexity index is 253. The summed E-state index contributed by atoms with van der Waals surface area (Å²) in [6.45, 7) is 12.4. The van der Waals surface area contributed by atoms with Gasteiger partial charge in [-0.15, -0.1) is 0 Å². The molecule has 0 unspecified atom stereocenters. The zero-order chi connectivity index (χ0) is 14.9. The molecule has 0 saturated heterocycles. The van der Waals surface area contributed by atoms with Gasteiger partial charge in [-0.05, 0) is 43.6 Å². The monoisotopic (exact) mass is 274 g/mol. The van der Waals surface area contributed by atoms with Gasteiger partial charge in [-0.1, -0.05) is 40.5 Å². The van der Waals surface area contributed by atoms with Crippen LogP contribution in [0.4, 0.5) is 0 Å². The van der Waals surface area contributed by atoms with E-state index in [0.717, 1.165) is 25.7 Å². The zero-order valence-corrected chi connectivity index (χ0v) is 13.4. The second-order valence-electron chi connectivity index (χ2n) is 6.84. The Morgan fingerprint density at radius 3 is 2.16 bits per heavy atom. The number of unbranched alkanes of at least 4 members (excludes halogenated alkanes) is 2. The predicted octanol–water partition coefficient (Wildman–Crippen LogP) is 4.58. The molecule has 0 aromatic heterocycles. The molecule has 19 heavy (non-hydrogen) atoms. The van der Waals surface area contributed by atoms with Gasteiger partial charge in [0.05, 0.1) is 0 Å². The van der Waals surface area contributed by atoms with Crippen LogP contribution in [-0.4, -0.2) is 11.6 Å². The number of rotatable bonds is 9. The van der Waals surface area contributed by atoms with Crippen molar-refractivity contribution in [2.24, 2.45) is 5.41 Å². The van der Waals surface area contributed by atoms with Gasteiger partial charge >= 0.3 is 5.97 Å². The molecule has 0 spiro atoms. The lowest BCUT2D eigenvalue weighted by Gasteiger charge is -2.19. The lowest BCUT2D eigenvalue weighted by atomic mass is 9.89. The van der Waals surface area contributed by atoms with Crippen molar-refractivity contribution in [2.45, 2.75) is 85.7 Å². The van der Waals surface area contributed by atoms with Crippen LogP contribution >= 0.6 is 0 Å². The van der Waals surface area contributed by atoms with E-state index in [9.17, 15) is 4.79 Å². The fourth-order valence-corrected chi connectivity index (χ4v) is 1.35. The third-order valence-electron chi connectivity index (χ3n) is 3.05. The van der Waals surface area contributed by atoms with Crippen molar-refractivity contribution in [2.75, 3.05) is 0 Å². The molecule has 0 aromatic carbocycles. The third-order valence-corrected chi connectivity index (χ3v) is 3.05. The maximum atomic E-state index is 11.4. The molecule has 0 bridgehead atoms. The highest BCUT2D eigenvalue weighted by Crippen LogP contribution is 2.22. The standard InChI is InChI=1S/C15H30O4/c1-7-15(5,6)18-19-17-13(16)11-9-8-10-12-14(2,3)4/h7-12H2,1-6H3. The van der Waals surface area contributed by atoms with Crippen molar-refractivity contribution in [3.63, 3.8) is 0 Å². The summed E-state index contributed by atoms with van der Waals surface area (Å²) >= 11 is 0. The van der Waals surface area contributed by atoms with Crippen molar-refractivity contribution in [3.8, 4) is 0 Å². The highest BCUT2D eigenvalue weighted by atomic mass is 17.5. The molecule has 0 heterocycles. The van der Waals surface area contributed by atoms with E-state index in [1.165, 1.54) is 6.42 Å². The second kappa shape index (κ2) is 8.54. The van der Waals surface area contributed by atoms with Crippen LogP contribution in [0.3, 0.4) is 0 Å². The Morgan fingerprint density at radius 2 is 1.63 bits per heavy atom. The van der Waals surface area contributed by atoms with E-state index >= 15 is 0 Å². The van der Waals surface area contributed by atoms with Crippen LogP contribution in [0.25, 0.3) is 0 Å². The second-order valence-corrected chi connectivity index (χ2v) is 6.84. The summed E-state index contributed by atoms with van der Waals surface area (Å²) in [5.74, 6) is -0.373. The highest BCUT2D eigenvalue weighted by molar-refractivity contribution is 5.68. The molecule has 4 heteroatoms. The maximum absolute atomic E-state index is 11.4. The van der Waals surface area contributed by atoms with Crippen molar-refractivity contribution in [1.29, 1.82) is 0 Å². The Morgan fingerprint density at radius 1 is 1.00 bits per heavy atom. The molecule has 114 valence electrons. The summed E-state index contributed by atoms with van der Waals surface area (Å²) in [4.78, 5) is 20.9. The average molecular weight is 274 g/mol. The van der Waals surface area contributed by atoms with Crippen molar-refractivity contribution in [3.05, 3.63) is 0 Å². The summed E-state index contributed by atoms with van der Waals surface area (Å²) in [7, 11) is 0. The van der Waals surface area contributed by atoms with E-state index in [0.29, 0.717) is 11.8 Å². The number of carbonyl (C=O) groups is 1. The van der Waals surface area contributed by atoms with Crippen molar-refractivity contribution < 1.29 is 19.6 Å². The Balaban J connectivity index is 3.51. The highest BCUT2D eigenvalue weighted by Gasteiger charge is 2.18. The van der Waals surface area contributed by atoms with Gasteiger partial charge < -0.3 is 0 Å². The summed E-state index contributed by atoms with van der Waals surface area (Å²) in [6, 6.07) is 0. The topological polar surface area (TPSA) is 44.8 Å². The molecule has 0 fully saturated rings. The molecule has 0 aromatic rings. The Hall–Kier alpha value is -0.610. The molecule has 0 N–H and O–H groups in total. The van der Waals surface area contributed by atoms with Gasteiger partial charge in [0, 0.05) is 6.42 Å². The summed E-state index contributed by atoms with van der Waals surface area (Å²) in [5.41, 5.74) is -0.0732. The molecule has 4 nitrogen and oxygen atoms in total. The number of carbonyl (C=O) groups excluding carboxylic acids is 1. The molecular weight excluding hydrogens is 244 g/mol. The largest absolute Gasteiger partial charge is 0.345 e. The van der Waals surface area contributed by atoms with Crippen LogP contribution in [0.15, 0.2) is 0 Å². The fourth-order valence-electron chi connectivity index (χ4n) is 1.35. The van der Waals surface area contributed by atoms with E-state index in [2.05, 4.69) is 30.7 Å². The van der Waals surface area contributed by atoms with Gasteiger partial charge in [0.15, 0.2) is 0 Å². The first kappa shape index (κ1) is 18.4. The lowest BCUT2D eigenvalue weighted by molar-refractivity contribution is -0.517. The van der Waals surface area contributed by atoms with Crippen LogP contribution in [0.2, 0.25) is 0 Å². The minimum absolute atomic E-state index is 0.364. The molecule has 0 amide bonds. The molecule has 0 rings (SSSR count). The molecule has 0 aliphatic heterocycles. The minimum Gasteiger partial charge on any atom is -0.269 e. The number of hydrogen-bond donors (Lipinski definition) is 0. The van der Waals surface area contributed by atoms with Gasteiger partial charge in [-0.25, -0.2) is 4.79 Å². The Kier molecular flexibility index (Phi) is 8.26. The van der Waals surface area contributed by atoms with Gasteiger partial charge in [0.2, 0.25) is 0 Å². The first-order chi connectivity index (χ1) is 8.66. The Labute approximate surface area is 117 Å². The van der Waals surface area contributed by atoms with Gasteiger partial charge in [-0.3, -0.25) is 4.89 Å². The maximum Gasteiger partial charge on any atom is 0.345 e. The fraction of sp³-hybridized carbons (Fsp3) is 0.933. The van der Waals surface area contributed by atoms with Crippen LogP contribution in [0.5, 0.6) is 0 Å². The minimum atomic E-state index is -0.438. The SMILES string of the molecule is CCC(C)(C)OOOC(=O)CCCCCC(C)(C)C. The van der Waals surface area contributed by atoms with E-state index in [4.69, 9.17) is 4.89 Å². The quantitative estimate of drug-likeness (QED) is 0.351. The first-order valence-electron chi connectivity index (χ1n) is 7.21. The van der Waals surface area contributed by atoms with E-state index < -0.39 is 5.60 Å². The average Bonchev–Trinajstić information content (AvgIpc) is 2.27. The van der Waals surface area contributed by atoms with E-state index in [1.807, 2.05) is 20.8 Å². The van der Waals surface area contributed by atoms with E-state index in [1.54, 1.807) is 0 Å². The normalized spacial score (nSPS) is 12.5. The predicted molar refractivity (Wildman–Crippen MR) is 75.2 cm³/mol. The summed E-state index contributed by atoms with van der Waals surface area (Å²) in [5, 5.41) is 4.51. The van der Waals surface area contributed by atoms with Crippen LogP contribution in [0, 0.1) is 5.41 Å². The molecule has 0 saturated carbocycles. The van der Waals surface area contributed by atoms with Crippen molar-refractivity contribution >= 4 is 5.97 Å². The first-order valence-corrected chi connectivity index (χ1v) is 7.21. The zero-order valence-electron chi connectivity index (χ0n) is 13.4.